The first-order valence-corrected chi connectivity index (χ1v) is 7.97. The van der Waals surface area contributed by atoms with Crippen LogP contribution < -0.4 is 5.32 Å². The van der Waals surface area contributed by atoms with Gasteiger partial charge >= 0.3 is 5.97 Å². The van der Waals surface area contributed by atoms with Crippen molar-refractivity contribution < 1.29 is 19.8 Å². The number of carboxylic acids is 1. The minimum Gasteiger partial charge on any atom is -0.506 e. The van der Waals surface area contributed by atoms with Crippen LogP contribution in [-0.2, 0) is 4.79 Å². The zero-order valence-corrected chi connectivity index (χ0v) is 13.5. The second kappa shape index (κ2) is 6.39. The highest BCUT2D eigenvalue weighted by molar-refractivity contribution is 6.06. The van der Waals surface area contributed by atoms with Crippen molar-refractivity contribution in [1.29, 1.82) is 0 Å². The van der Waals surface area contributed by atoms with Crippen LogP contribution in [0.2, 0.25) is 0 Å². The van der Waals surface area contributed by atoms with E-state index in [1.54, 1.807) is 25.2 Å². The van der Waals surface area contributed by atoms with Crippen molar-refractivity contribution >= 4 is 28.3 Å². The van der Waals surface area contributed by atoms with E-state index in [-0.39, 0.29) is 23.8 Å². The number of nitrogens with zero attached hydrogens (tertiary/aromatic N) is 1. The minimum atomic E-state index is -0.881. The van der Waals surface area contributed by atoms with Gasteiger partial charge in [-0.05, 0) is 25.0 Å². The van der Waals surface area contributed by atoms with Gasteiger partial charge in [0.15, 0.2) is 0 Å². The number of anilines is 1. The molecule has 1 saturated heterocycles. The van der Waals surface area contributed by atoms with Crippen LogP contribution in [-0.4, -0.2) is 47.1 Å². The molecular formula is C18H20N2O4. The summed E-state index contributed by atoms with van der Waals surface area (Å²) in [5.41, 5.74) is 1.08. The van der Waals surface area contributed by atoms with Crippen molar-refractivity contribution in [3.05, 3.63) is 35.9 Å². The van der Waals surface area contributed by atoms with Gasteiger partial charge in [-0.2, -0.15) is 0 Å². The quantitative estimate of drug-likeness (QED) is 0.805. The molecule has 6 nitrogen and oxygen atoms in total. The Kier molecular flexibility index (Phi) is 4.29. The highest BCUT2D eigenvalue weighted by Gasteiger charge is 2.30. The van der Waals surface area contributed by atoms with Crippen molar-refractivity contribution in [3.63, 3.8) is 0 Å². The average molecular weight is 328 g/mol. The first-order valence-electron chi connectivity index (χ1n) is 7.97. The molecule has 1 aliphatic rings. The molecule has 0 spiro atoms. The third kappa shape index (κ3) is 2.75. The van der Waals surface area contributed by atoms with E-state index >= 15 is 0 Å². The number of amides is 1. The van der Waals surface area contributed by atoms with E-state index in [1.165, 1.54) is 4.90 Å². The lowest BCUT2D eigenvalue weighted by atomic mass is 9.97. The van der Waals surface area contributed by atoms with Crippen LogP contribution in [0, 0.1) is 5.92 Å². The van der Waals surface area contributed by atoms with E-state index < -0.39 is 11.9 Å². The van der Waals surface area contributed by atoms with Gasteiger partial charge in [0, 0.05) is 36.6 Å². The molecule has 24 heavy (non-hydrogen) atoms. The summed E-state index contributed by atoms with van der Waals surface area (Å²) in [7, 11) is 1.80. The lowest BCUT2D eigenvalue weighted by Gasteiger charge is -2.31. The number of aromatic hydroxyl groups is 1. The number of piperidine rings is 1. The molecule has 1 aliphatic heterocycles. The summed E-state index contributed by atoms with van der Waals surface area (Å²) in [5, 5.41) is 24.2. The van der Waals surface area contributed by atoms with Crippen molar-refractivity contribution in [3.8, 4) is 5.75 Å². The number of carbonyl (C=O) groups excluding carboxylic acids is 1. The molecule has 0 aromatic heterocycles. The second-order valence-electron chi connectivity index (χ2n) is 6.04. The van der Waals surface area contributed by atoms with E-state index in [1.807, 2.05) is 12.1 Å². The number of hydrogen-bond acceptors (Lipinski definition) is 4. The van der Waals surface area contributed by atoms with Gasteiger partial charge in [0.05, 0.1) is 11.5 Å². The molecule has 0 radical (unpaired) electrons. The molecular weight excluding hydrogens is 308 g/mol. The van der Waals surface area contributed by atoms with Crippen LogP contribution in [0.5, 0.6) is 5.75 Å². The Morgan fingerprint density at radius 1 is 1.21 bits per heavy atom. The zero-order chi connectivity index (χ0) is 17.3. The second-order valence-corrected chi connectivity index (χ2v) is 6.04. The van der Waals surface area contributed by atoms with Crippen LogP contribution >= 0.6 is 0 Å². The minimum absolute atomic E-state index is 0.0629. The predicted molar refractivity (Wildman–Crippen MR) is 91.4 cm³/mol. The summed E-state index contributed by atoms with van der Waals surface area (Å²) in [6.45, 7) is 0.693. The number of carbonyl (C=O) groups is 2. The summed E-state index contributed by atoms with van der Waals surface area (Å²) in [5.74, 6) is -1.81. The fraction of sp³-hybridized carbons (Fsp3) is 0.333. The number of fused-ring (bicyclic) bond motifs is 1. The standard InChI is InChI=1S/C18H20N2O4/c1-19-15-6-2-5-13-12(15)7-8-14(16(13)21)17(22)20-9-3-4-11(10-20)18(23)24/h2,5-8,11,19,21H,3-4,9-10H2,1H3,(H,23,24). The first kappa shape index (κ1) is 16.1. The molecule has 1 amide bonds. The molecule has 2 aromatic rings. The summed E-state index contributed by atoms with van der Waals surface area (Å²) >= 11 is 0. The smallest absolute Gasteiger partial charge is 0.308 e. The molecule has 3 rings (SSSR count). The van der Waals surface area contributed by atoms with Gasteiger partial charge in [-0.15, -0.1) is 0 Å². The maximum atomic E-state index is 12.7. The molecule has 0 aliphatic carbocycles. The summed E-state index contributed by atoms with van der Waals surface area (Å²) in [6, 6.07) is 8.87. The molecule has 6 heteroatoms. The summed E-state index contributed by atoms with van der Waals surface area (Å²) in [4.78, 5) is 25.4. The summed E-state index contributed by atoms with van der Waals surface area (Å²) < 4.78 is 0. The van der Waals surface area contributed by atoms with Crippen molar-refractivity contribution in [2.75, 3.05) is 25.5 Å². The van der Waals surface area contributed by atoms with Gasteiger partial charge in [-0.1, -0.05) is 18.2 Å². The van der Waals surface area contributed by atoms with Gasteiger partial charge in [-0.3, -0.25) is 9.59 Å². The van der Waals surface area contributed by atoms with E-state index in [0.717, 1.165) is 11.1 Å². The number of phenols is 1. The number of hydrogen-bond donors (Lipinski definition) is 3. The molecule has 126 valence electrons. The van der Waals surface area contributed by atoms with Crippen LogP contribution in [0.3, 0.4) is 0 Å². The Bertz CT molecular complexity index is 803. The Hall–Kier alpha value is -2.76. The summed E-state index contributed by atoms with van der Waals surface area (Å²) in [6.07, 6.45) is 1.23. The van der Waals surface area contributed by atoms with Crippen molar-refractivity contribution in [2.24, 2.45) is 5.92 Å². The van der Waals surface area contributed by atoms with Gasteiger partial charge in [0.25, 0.3) is 5.91 Å². The van der Waals surface area contributed by atoms with Crippen molar-refractivity contribution in [2.45, 2.75) is 12.8 Å². The Morgan fingerprint density at radius 3 is 2.71 bits per heavy atom. The average Bonchev–Trinajstić information content (AvgIpc) is 2.61. The molecule has 1 heterocycles. The zero-order valence-electron chi connectivity index (χ0n) is 13.5. The van der Waals surface area contributed by atoms with E-state index in [0.29, 0.717) is 24.8 Å². The monoisotopic (exact) mass is 328 g/mol. The molecule has 2 aromatic carbocycles. The number of aliphatic carboxylic acids is 1. The van der Waals surface area contributed by atoms with Crippen LogP contribution in [0.1, 0.15) is 23.2 Å². The van der Waals surface area contributed by atoms with Gasteiger partial charge < -0.3 is 20.4 Å². The Balaban J connectivity index is 1.96. The Morgan fingerprint density at radius 2 is 2.00 bits per heavy atom. The molecule has 1 fully saturated rings. The normalized spacial score (nSPS) is 17.7. The predicted octanol–water partition coefficient (Wildman–Crippen LogP) is 2.52. The number of likely N-dealkylation sites (tertiary alicyclic amines) is 1. The largest absolute Gasteiger partial charge is 0.506 e. The van der Waals surface area contributed by atoms with Crippen LogP contribution in [0.25, 0.3) is 10.8 Å². The fourth-order valence-corrected chi connectivity index (χ4v) is 3.27. The van der Waals surface area contributed by atoms with Gasteiger partial charge in [0.2, 0.25) is 0 Å². The molecule has 1 unspecified atom stereocenters. The highest BCUT2D eigenvalue weighted by Crippen LogP contribution is 2.34. The van der Waals surface area contributed by atoms with Gasteiger partial charge in [-0.25, -0.2) is 0 Å². The molecule has 0 bridgehead atoms. The third-order valence-corrected chi connectivity index (χ3v) is 4.59. The molecule has 1 atom stereocenters. The first-order chi connectivity index (χ1) is 11.5. The van der Waals surface area contributed by atoms with Crippen LogP contribution in [0.15, 0.2) is 30.3 Å². The lowest BCUT2D eigenvalue weighted by molar-refractivity contribution is -0.143. The number of carboxylic acid groups (broad SMARTS) is 1. The van der Waals surface area contributed by atoms with E-state index in [2.05, 4.69) is 5.32 Å². The van der Waals surface area contributed by atoms with Gasteiger partial charge in [0.1, 0.15) is 5.75 Å². The van der Waals surface area contributed by atoms with Crippen molar-refractivity contribution in [1.82, 2.24) is 4.90 Å². The number of rotatable bonds is 3. The Labute approximate surface area is 139 Å². The SMILES string of the molecule is CNc1cccc2c(O)c(C(=O)N3CCCC(C(=O)O)C3)ccc12. The van der Waals surface area contributed by atoms with E-state index in [4.69, 9.17) is 5.11 Å². The highest BCUT2D eigenvalue weighted by atomic mass is 16.4. The molecule has 0 saturated carbocycles. The van der Waals surface area contributed by atoms with Crippen LogP contribution in [0.4, 0.5) is 5.69 Å². The lowest BCUT2D eigenvalue weighted by Crippen LogP contribution is -2.42. The maximum absolute atomic E-state index is 12.7. The fourth-order valence-electron chi connectivity index (χ4n) is 3.27. The van der Waals surface area contributed by atoms with E-state index in [9.17, 15) is 14.7 Å². The third-order valence-electron chi connectivity index (χ3n) is 4.59. The number of benzene rings is 2. The maximum Gasteiger partial charge on any atom is 0.308 e. The topological polar surface area (TPSA) is 89.9 Å². The molecule has 3 N–H and O–H groups in total. The number of phenolic OH excluding ortho intramolecular Hbond substituents is 1. The number of nitrogens with one attached hydrogen (secondary N) is 1.